The highest BCUT2D eigenvalue weighted by molar-refractivity contribution is 5.90. The van der Waals surface area contributed by atoms with Gasteiger partial charge in [0.15, 0.2) is 5.82 Å². The van der Waals surface area contributed by atoms with Gasteiger partial charge in [-0.15, -0.1) is 0 Å². The van der Waals surface area contributed by atoms with Crippen molar-refractivity contribution in [2.45, 2.75) is 18.2 Å². The first-order chi connectivity index (χ1) is 13.3. The molecule has 8 heteroatoms. The number of hydrogen-bond acceptors (Lipinski definition) is 6. The Bertz CT molecular complexity index is 1170. The van der Waals surface area contributed by atoms with Crippen molar-refractivity contribution in [2.24, 2.45) is 0 Å². The summed E-state index contributed by atoms with van der Waals surface area (Å²) in [7, 11) is 0. The topological polar surface area (TPSA) is 114 Å². The molecule has 136 valence electrons. The summed E-state index contributed by atoms with van der Waals surface area (Å²) < 4.78 is 12.4. The Hall–Kier alpha value is -3.10. The monoisotopic (exact) mass is 362 g/mol. The summed E-state index contributed by atoms with van der Waals surface area (Å²) in [4.78, 5) is 0. The van der Waals surface area contributed by atoms with Gasteiger partial charge in [0.05, 0.1) is 36.5 Å². The molecule has 27 heavy (non-hydrogen) atoms. The number of anilines is 2. The Morgan fingerprint density at radius 3 is 2.81 bits per heavy atom. The molecule has 2 aromatic heterocycles. The highest BCUT2D eigenvalue weighted by atomic mass is 16.6. The quantitative estimate of drug-likeness (QED) is 0.414. The smallest absolute Gasteiger partial charge is 0.153 e. The van der Waals surface area contributed by atoms with E-state index in [2.05, 4.69) is 43.9 Å². The van der Waals surface area contributed by atoms with Crippen LogP contribution < -0.4 is 11.1 Å². The fraction of sp³-hybridized carbons (Fsp3) is 0.263. The van der Waals surface area contributed by atoms with Crippen LogP contribution in [0.1, 0.15) is 23.3 Å². The van der Waals surface area contributed by atoms with E-state index in [-0.39, 0.29) is 18.2 Å². The maximum atomic E-state index is 6.18. The highest BCUT2D eigenvalue weighted by Gasteiger charge is 2.42. The average Bonchev–Trinajstić information content (AvgIpc) is 3.33. The molecule has 1 saturated heterocycles. The van der Waals surface area contributed by atoms with Crippen molar-refractivity contribution >= 4 is 33.3 Å². The Kier molecular flexibility index (Phi) is 3.03. The molecule has 5 N–H and O–H groups in total. The van der Waals surface area contributed by atoms with E-state index in [1.54, 1.807) is 0 Å². The molecule has 2 aliphatic rings. The van der Waals surface area contributed by atoms with Gasteiger partial charge in [0.1, 0.15) is 12.2 Å². The van der Waals surface area contributed by atoms with Crippen LogP contribution in [0.15, 0.2) is 36.5 Å². The summed E-state index contributed by atoms with van der Waals surface area (Å²) in [6.07, 6.45) is 1.56. The molecule has 4 aromatic rings. The Morgan fingerprint density at radius 2 is 1.85 bits per heavy atom. The first-order valence-corrected chi connectivity index (χ1v) is 8.99. The molecule has 2 aromatic carbocycles. The number of nitrogens with two attached hydrogens (primary N) is 1. The van der Waals surface area contributed by atoms with Crippen LogP contribution in [0.5, 0.6) is 0 Å². The number of aromatic amines is 2. The maximum absolute atomic E-state index is 6.18. The van der Waals surface area contributed by atoms with Crippen LogP contribution >= 0.6 is 0 Å². The van der Waals surface area contributed by atoms with E-state index in [1.807, 2.05) is 18.3 Å². The fourth-order valence-corrected chi connectivity index (χ4v) is 4.30. The van der Waals surface area contributed by atoms with Gasteiger partial charge in [0.25, 0.3) is 0 Å². The van der Waals surface area contributed by atoms with Crippen LogP contribution in [0, 0.1) is 0 Å². The summed E-state index contributed by atoms with van der Waals surface area (Å²) in [5, 5.41) is 19.9. The normalized spacial score (nSPS) is 24.5. The molecule has 1 unspecified atom stereocenters. The number of hydrogen-bond donors (Lipinski definition) is 4. The summed E-state index contributed by atoms with van der Waals surface area (Å²) in [5.41, 5.74) is 11.2. The van der Waals surface area contributed by atoms with E-state index in [4.69, 9.17) is 15.2 Å². The molecule has 0 aliphatic carbocycles. The number of aromatic nitrogens is 4. The lowest BCUT2D eigenvalue weighted by atomic mass is 9.86. The SMILES string of the molecule is Nc1n[nH]c2ccc([C@@H]3Nc4ccc5[nH]ncc5c4C4OCCO[C@H]43)cc12. The van der Waals surface area contributed by atoms with Gasteiger partial charge >= 0.3 is 0 Å². The molecule has 8 nitrogen and oxygen atoms in total. The predicted molar refractivity (Wildman–Crippen MR) is 101 cm³/mol. The number of ether oxygens (including phenoxy) is 2. The predicted octanol–water partition coefficient (Wildman–Crippen LogP) is 2.64. The summed E-state index contributed by atoms with van der Waals surface area (Å²) in [5.74, 6) is 0.500. The molecule has 4 heterocycles. The van der Waals surface area contributed by atoms with Crippen LogP contribution in [0.25, 0.3) is 21.8 Å². The molecule has 0 amide bonds. The second kappa shape index (κ2) is 5.45. The Balaban J connectivity index is 1.52. The first-order valence-electron chi connectivity index (χ1n) is 8.99. The van der Waals surface area contributed by atoms with E-state index in [0.717, 1.165) is 38.6 Å². The lowest BCUT2D eigenvalue weighted by Gasteiger charge is -2.43. The highest BCUT2D eigenvalue weighted by Crippen LogP contribution is 2.46. The molecular weight excluding hydrogens is 344 g/mol. The zero-order chi connectivity index (χ0) is 18.0. The van der Waals surface area contributed by atoms with E-state index in [9.17, 15) is 0 Å². The van der Waals surface area contributed by atoms with Gasteiger partial charge in [0.2, 0.25) is 0 Å². The van der Waals surface area contributed by atoms with Crippen molar-refractivity contribution < 1.29 is 9.47 Å². The van der Waals surface area contributed by atoms with E-state index >= 15 is 0 Å². The van der Waals surface area contributed by atoms with Gasteiger partial charge < -0.3 is 20.5 Å². The standard InChI is InChI=1S/C19H18N6O2/c20-19-10-7-9(1-2-12(10)24-25-19)16-18-17(26-5-6-27-18)15-11-8-21-23-13(11)3-4-14(15)22-16/h1-4,7-8,16-18,22H,5-6H2,(H,21,23)(H3,20,24,25)/t16-,17?,18-/m0/s1. The minimum Gasteiger partial charge on any atom is -0.382 e. The number of nitrogens with zero attached hydrogens (tertiary/aromatic N) is 2. The molecule has 0 radical (unpaired) electrons. The van der Waals surface area contributed by atoms with Crippen LogP contribution in [0.3, 0.4) is 0 Å². The number of H-pyrrole nitrogens is 2. The van der Waals surface area contributed by atoms with Crippen LogP contribution in [0.2, 0.25) is 0 Å². The lowest BCUT2D eigenvalue weighted by molar-refractivity contribution is -0.150. The minimum atomic E-state index is -0.154. The van der Waals surface area contributed by atoms with Gasteiger partial charge in [-0.3, -0.25) is 10.2 Å². The average molecular weight is 362 g/mol. The summed E-state index contributed by atoms with van der Waals surface area (Å²) in [6.45, 7) is 1.15. The molecule has 0 saturated carbocycles. The number of nitrogens with one attached hydrogen (secondary N) is 3. The van der Waals surface area contributed by atoms with Crippen molar-refractivity contribution in [1.29, 1.82) is 0 Å². The Labute approximate surface area is 154 Å². The second-order valence-electron chi connectivity index (χ2n) is 7.02. The van der Waals surface area contributed by atoms with Gasteiger partial charge in [-0.05, 0) is 29.8 Å². The molecule has 0 bridgehead atoms. The molecule has 0 spiro atoms. The van der Waals surface area contributed by atoms with Crippen molar-refractivity contribution in [2.75, 3.05) is 24.3 Å². The van der Waals surface area contributed by atoms with Crippen LogP contribution in [-0.4, -0.2) is 39.7 Å². The zero-order valence-electron chi connectivity index (χ0n) is 14.4. The second-order valence-corrected chi connectivity index (χ2v) is 7.02. The zero-order valence-corrected chi connectivity index (χ0v) is 14.4. The van der Waals surface area contributed by atoms with Crippen molar-refractivity contribution in [3.05, 3.63) is 47.7 Å². The van der Waals surface area contributed by atoms with E-state index < -0.39 is 0 Å². The third-order valence-electron chi connectivity index (χ3n) is 5.55. The number of fused-ring (bicyclic) bond motifs is 6. The lowest BCUT2D eigenvalue weighted by Crippen LogP contribution is -2.43. The van der Waals surface area contributed by atoms with Gasteiger partial charge in [-0.2, -0.15) is 10.2 Å². The van der Waals surface area contributed by atoms with Crippen molar-refractivity contribution in [3.8, 4) is 0 Å². The van der Waals surface area contributed by atoms with Crippen molar-refractivity contribution in [3.63, 3.8) is 0 Å². The van der Waals surface area contributed by atoms with E-state index in [1.165, 1.54) is 0 Å². The first kappa shape index (κ1) is 15.0. The summed E-state index contributed by atoms with van der Waals surface area (Å²) in [6, 6.07) is 10.2. The minimum absolute atomic E-state index is 0.0501. The number of benzene rings is 2. The molecular formula is C19H18N6O2. The number of rotatable bonds is 1. The number of nitrogen functional groups attached to an aromatic ring is 1. The van der Waals surface area contributed by atoms with Crippen molar-refractivity contribution in [1.82, 2.24) is 20.4 Å². The summed E-state index contributed by atoms with van der Waals surface area (Å²) >= 11 is 0. The largest absolute Gasteiger partial charge is 0.382 e. The van der Waals surface area contributed by atoms with Gasteiger partial charge in [0, 0.05) is 22.0 Å². The third-order valence-corrected chi connectivity index (χ3v) is 5.55. The molecule has 2 aliphatic heterocycles. The third kappa shape index (κ3) is 2.11. The van der Waals surface area contributed by atoms with Crippen LogP contribution in [0.4, 0.5) is 11.5 Å². The van der Waals surface area contributed by atoms with Gasteiger partial charge in [-0.1, -0.05) is 6.07 Å². The van der Waals surface area contributed by atoms with Gasteiger partial charge in [-0.25, -0.2) is 0 Å². The molecule has 6 rings (SSSR count). The fourth-order valence-electron chi connectivity index (χ4n) is 4.30. The Morgan fingerprint density at radius 1 is 1.00 bits per heavy atom. The molecule has 3 atom stereocenters. The van der Waals surface area contributed by atoms with Crippen LogP contribution in [-0.2, 0) is 9.47 Å². The molecule has 1 fully saturated rings. The maximum Gasteiger partial charge on any atom is 0.153 e. The van der Waals surface area contributed by atoms with E-state index in [0.29, 0.717) is 19.0 Å².